The molecule has 0 aliphatic heterocycles. The first-order valence-corrected chi connectivity index (χ1v) is 8.56. The molecule has 0 aliphatic rings. The van der Waals surface area contributed by atoms with Gasteiger partial charge in [-0.25, -0.2) is 9.78 Å². The van der Waals surface area contributed by atoms with Gasteiger partial charge in [-0.2, -0.15) is 0 Å². The van der Waals surface area contributed by atoms with E-state index in [0.717, 1.165) is 0 Å². The number of hydrogen-bond acceptors (Lipinski definition) is 4. The molecule has 0 unspecified atom stereocenters. The van der Waals surface area contributed by atoms with Crippen molar-refractivity contribution in [1.29, 1.82) is 0 Å². The standard InChI is InChI=1S/C23H14N2O3/c26-22(20-15-17-7-1-2-10-21(17)28-23(20)27)25-19-9-5-6-16(14-19)11-12-18-8-3-4-13-24-18/h1-10,13-15H,(H,25,26). The maximum Gasteiger partial charge on any atom is 0.349 e. The predicted octanol–water partition coefficient (Wildman–Crippen LogP) is 3.84. The van der Waals surface area contributed by atoms with Crippen molar-refractivity contribution in [1.82, 2.24) is 4.98 Å². The van der Waals surface area contributed by atoms with Gasteiger partial charge < -0.3 is 9.73 Å². The lowest BCUT2D eigenvalue weighted by Crippen LogP contribution is -2.20. The maximum atomic E-state index is 12.6. The van der Waals surface area contributed by atoms with Crippen LogP contribution >= 0.6 is 0 Å². The van der Waals surface area contributed by atoms with Crippen LogP contribution in [-0.4, -0.2) is 10.9 Å². The Morgan fingerprint density at radius 1 is 0.929 bits per heavy atom. The quantitative estimate of drug-likeness (QED) is 0.432. The number of anilines is 1. The summed E-state index contributed by atoms with van der Waals surface area (Å²) in [6.07, 6.45) is 1.68. The molecule has 5 heteroatoms. The summed E-state index contributed by atoms with van der Waals surface area (Å²) in [5.41, 5.74) is 1.62. The van der Waals surface area contributed by atoms with E-state index in [-0.39, 0.29) is 5.56 Å². The van der Waals surface area contributed by atoms with Crippen LogP contribution in [0.25, 0.3) is 11.0 Å². The molecule has 0 radical (unpaired) electrons. The molecule has 5 nitrogen and oxygen atoms in total. The van der Waals surface area contributed by atoms with Gasteiger partial charge in [0.25, 0.3) is 5.91 Å². The minimum atomic E-state index is -0.678. The second-order valence-corrected chi connectivity index (χ2v) is 5.99. The zero-order valence-corrected chi connectivity index (χ0v) is 14.7. The van der Waals surface area contributed by atoms with Crippen molar-refractivity contribution in [2.75, 3.05) is 5.32 Å². The number of carbonyl (C=O) groups is 1. The summed E-state index contributed by atoms with van der Waals surface area (Å²) in [4.78, 5) is 28.8. The summed E-state index contributed by atoms with van der Waals surface area (Å²) in [7, 11) is 0. The van der Waals surface area contributed by atoms with Gasteiger partial charge in [-0.15, -0.1) is 0 Å². The van der Waals surface area contributed by atoms with Crippen LogP contribution in [0.5, 0.6) is 0 Å². The first-order valence-electron chi connectivity index (χ1n) is 8.56. The molecule has 2 aromatic heterocycles. The summed E-state index contributed by atoms with van der Waals surface area (Å²) < 4.78 is 5.22. The molecule has 0 saturated carbocycles. The zero-order chi connectivity index (χ0) is 19.3. The van der Waals surface area contributed by atoms with Gasteiger partial charge in [0.15, 0.2) is 0 Å². The summed E-state index contributed by atoms with van der Waals surface area (Å²) in [5.74, 6) is 5.44. The van der Waals surface area contributed by atoms with E-state index >= 15 is 0 Å². The number of nitrogens with one attached hydrogen (secondary N) is 1. The van der Waals surface area contributed by atoms with Gasteiger partial charge in [0.2, 0.25) is 0 Å². The number of hydrogen-bond donors (Lipinski definition) is 1. The number of para-hydroxylation sites is 1. The van der Waals surface area contributed by atoms with Gasteiger partial charge in [-0.3, -0.25) is 4.79 Å². The van der Waals surface area contributed by atoms with Gasteiger partial charge in [-0.1, -0.05) is 36.3 Å². The second kappa shape index (κ2) is 7.60. The number of amides is 1. The number of rotatable bonds is 2. The van der Waals surface area contributed by atoms with Gasteiger partial charge in [0.05, 0.1) is 0 Å². The molecule has 28 heavy (non-hydrogen) atoms. The van der Waals surface area contributed by atoms with E-state index in [9.17, 15) is 9.59 Å². The highest BCUT2D eigenvalue weighted by Crippen LogP contribution is 2.15. The Labute approximate surface area is 160 Å². The molecule has 1 N–H and O–H groups in total. The van der Waals surface area contributed by atoms with E-state index in [4.69, 9.17) is 4.42 Å². The summed E-state index contributed by atoms with van der Waals surface area (Å²) in [6, 6.07) is 21.1. The molecule has 0 saturated heterocycles. The van der Waals surface area contributed by atoms with Crippen molar-refractivity contribution in [3.8, 4) is 11.8 Å². The minimum Gasteiger partial charge on any atom is -0.422 e. The zero-order valence-electron chi connectivity index (χ0n) is 14.7. The summed E-state index contributed by atoms with van der Waals surface area (Å²) >= 11 is 0. The molecule has 4 aromatic rings. The molecule has 2 heterocycles. The molecule has 2 aromatic carbocycles. The van der Waals surface area contributed by atoms with E-state index in [1.54, 1.807) is 42.6 Å². The molecule has 0 bridgehead atoms. The van der Waals surface area contributed by atoms with Crippen LogP contribution in [0, 0.1) is 11.8 Å². The lowest BCUT2D eigenvalue weighted by molar-refractivity contribution is 0.102. The Morgan fingerprint density at radius 3 is 2.64 bits per heavy atom. The van der Waals surface area contributed by atoms with E-state index in [2.05, 4.69) is 22.1 Å². The van der Waals surface area contributed by atoms with Gasteiger partial charge in [0.1, 0.15) is 16.8 Å². The van der Waals surface area contributed by atoms with Crippen LogP contribution in [0.1, 0.15) is 21.6 Å². The molecule has 0 spiro atoms. The maximum absolute atomic E-state index is 12.6. The topological polar surface area (TPSA) is 72.2 Å². The normalized spacial score (nSPS) is 10.1. The highest BCUT2D eigenvalue weighted by molar-refractivity contribution is 6.05. The highest BCUT2D eigenvalue weighted by Gasteiger charge is 2.14. The molecular weight excluding hydrogens is 352 g/mol. The van der Waals surface area contributed by atoms with Crippen LogP contribution in [0.4, 0.5) is 5.69 Å². The number of aromatic nitrogens is 1. The summed E-state index contributed by atoms with van der Waals surface area (Å²) in [5, 5.41) is 3.40. The number of nitrogens with zero attached hydrogens (tertiary/aromatic N) is 1. The van der Waals surface area contributed by atoms with Crippen molar-refractivity contribution in [3.63, 3.8) is 0 Å². The Bertz CT molecular complexity index is 1280. The largest absolute Gasteiger partial charge is 0.422 e. The molecule has 4 rings (SSSR count). The van der Waals surface area contributed by atoms with Crippen molar-refractivity contribution >= 4 is 22.6 Å². The van der Waals surface area contributed by atoms with Crippen LogP contribution in [0.15, 0.2) is 88.2 Å². The Balaban J connectivity index is 1.58. The average Bonchev–Trinajstić information content (AvgIpc) is 2.73. The predicted molar refractivity (Wildman–Crippen MR) is 107 cm³/mol. The average molecular weight is 366 g/mol. The van der Waals surface area contributed by atoms with E-state index in [1.165, 1.54) is 6.07 Å². The SMILES string of the molecule is O=C(Nc1cccc(C#Cc2ccccn2)c1)c1cc2ccccc2oc1=O. The third-order valence-electron chi connectivity index (χ3n) is 4.01. The van der Waals surface area contributed by atoms with Crippen molar-refractivity contribution in [2.45, 2.75) is 0 Å². The van der Waals surface area contributed by atoms with E-state index in [0.29, 0.717) is 27.9 Å². The molecular formula is C23H14N2O3. The fraction of sp³-hybridized carbons (Fsp3) is 0. The fourth-order valence-electron chi connectivity index (χ4n) is 2.67. The Morgan fingerprint density at radius 2 is 1.79 bits per heavy atom. The summed E-state index contributed by atoms with van der Waals surface area (Å²) in [6.45, 7) is 0. The monoisotopic (exact) mass is 366 g/mol. The molecule has 0 fully saturated rings. The smallest absolute Gasteiger partial charge is 0.349 e. The lowest BCUT2D eigenvalue weighted by Gasteiger charge is -2.05. The van der Waals surface area contributed by atoms with Gasteiger partial charge >= 0.3 is 5.63 Å². The van der Waals surface area contributed by atoms with Crippen LogP contribution in [0.2, 0.25) is 0 Å². The van der Waals surface area contributed by atoms with Gasteiger partial charge in [0, 0.05) is 22.8 Å². The van der Waals surface area contributed by atoms with Crippen molar-refractivity contribution < 1.29 is 9.21 Å². The van der Waals surface area contributed by atoms with Gasteiger partial charge in [-0.05, 0) is 48.4 Å². The molecule has 134 valence electrons. The van der Waals surface area contributed by atoms with Crippen LogP contribution in [-0.2, 0) is 0 Å². The van der Waals surface area contributed by atoms with E-state index in [1.807, 2.05) is 30.3 Å². The van der Waals surface area contributed by atoms with Crippen LogP contribution < -0.4 is 10.9 Å². The minimum absolute atomic E-state index is 0.0522. The molecule has 0 atom stereocenters. The molecule has 1 amide bonds. The molecule has 0 aliphatic carbocycles. The lowest BCUT2D eigenvalue weighted by atomic mass is 10.1. The third-order valence-corrected chi connectivity index (χ3v) is 4.01. The third kappa shape index (κ3) is 3.81. The fourth-order valence-corrected chi connectivity index (χ4v) is 2.67. The highest BCUT2D eigenvalue weighted by atomic mass is 16.4. The van der Waals surface area contributed by atoms with Crippen molar-refractivity contribution in [2.24, 2.45) is 0 Å². The number of fused-ring (bicyclic) bond motifs is 1. The van der Waals surface area contributed by atoms with E-state index < -0.39 is 11.5 Å². The Kier molecular flexibility index (Phi) is 4.68. The Hall–Kier alpha value is -4.17. The first-order chi connectivity index (χ1) is 13.7. The van der Waals surface area contributed by atoms with Crippen molar-refractivity contribution in [3.05, 3.63) is 106 Å². The second-order valence-electron chi connectivity index (χ2n) is 5.99. The number of pyridine rings is 1. The number of benzene rings is 2. The first kappa shape index (κ1) is 17.3. The number of carbonyl (C=O) groups excluding carboxylic acids is 1. The van der Waals surface area contributed by atoms with Crippen LogP contribution in [0.3, 0.4) is 0 Å².